The summed E-state index contributed by atoms with van der Waals surface area (Å²) in [6.07, 6.45) is 4.68. The Labute approximate surface area is 204 Å². The van der Waals surface area contributed by atoms with Gasteiger partial charge in [-0.25, -0.2) is 13.4 Å². The van der Waals surface area contributed by atoms with E-state index in [1.807, 2.05) is 49.4 Å². The van der Waals surface area contributed by atoms with Crippen LogP contribution in [0.1, 0.15) is 11.1 Å². The third-order valence-electron chi connectivity index (χ3n) is 4.96. The third-order valence-corrected chi connectivity index (χ3v) is 5.94. The molecule has 0 saturated heterocycles. The molecule has 0 aliphatic carbocycles. The van der Waals surface area contributed by atoms with E-state index in [2.05, 4.69) is 19.7 Å². The Morgan fingerprint density at radius 2 is 1.66 bits per heavy atom. The Hall–Kier alpha value is -4.08. The largest absolute Gasteiger partial charge is 0.475 e. The molecule has 8 nitrogen and oxygen atoms in total. The van der Waals surface area contributed by atoms with Crippen LogP contribution in [0.25, 0.3) is 28.6 Å². The van der Waals surface area contributed by atoms with Gasteiger partial charge in [0, 0.05) is 18.0 Å². The van der Waals surface area contributed by atoms with E-state index in [0.717, 1.165) is 16.5 Å². The van der Waals surface area contributed by atoms with Gasteiger partial charge in [0.1, 0.15) is 6.61 Å². The summed E-state index contributed by atoms with van der Waals surface area (Å²) in [4.78, 5) is 13.1. The van der Waals surface area contributed by atoms with E-state index < -0.39 is 10.0 Å². The van der Waals surface area contributed by atoms with Gasteiger partial charge in [0.25, 0.3) is 10.0 Å². The number of hydrogen-bond donors (Lipinski definition) is 2. The summed E-state index contributed by atoms with van der Waals surface area (Å²) in [5.74, 6) is 0.455. The molecule has 0 aliphatic heterocycles. The monoisotopic (exact) mass is 488 g/mol. The van der Waals surface area contributed by atoms with Crippen LogP contribution in [0.15, 0.2) is 84.5 Å². The van der Waals surface area contributed by atoms with Crippen LogP contribution in [-0.4, -0.2) is 41.7 Å². The first kappa shape index (κ1) is 24.1. The van der Waals surface area contributed by atoms with E-state index in [9.17, 15) is 13.5 Å². The van der Waals surface area contributed by atoms with Gasteiger partial charge in [0.2, 0.25) is 5.88 Å². The van der Waals surface area contributed by atoms with Crippen molar-refractivity contribution in [3.05, 3.63) is 95.7 Å². The number of anilines is 1. The van der Waals surface area contributed by atoms with Crippen molar-refractivity contribution in [1.82, 2.24) is 15.0 Å². The second-order valence-corrected chi connectivity index (χ2v) is 9.18. The van der Waals surface area contributed by atoms with E-state index in [1.54, 1.807) is 36.7 Å². The number of aliphatic hydroxyl groups is 1. The summed E-state index contributed by atoms with van der Waals surface area (Å²) in [5.41, 5.74) is 3.43. The van der Waals surface area contributed by atoms with Crippen LogP contribution in [0.5, 0.6) is 5.88 Å². The molecule has 4 rings (SSSR count). The number of nitrogens with zero attached hydrogens (tertiary/aromatic N) is 3. The smallest absolute Gasteiger partial charge is 0.256 e. The van der Waals surface area contributed by atoms with Crippen LogP contribution in [0, 0.1) is 6.92 Å². The second kappa shape index (κ2) is 10.9. The highest BCUT2D eigenvalue weighted by Crippen LogP contribution is 2.37. The van der Waals surface area contributed by atoms with Gasteiger partial charge in [-0.2, -0.15) is 4.98 Å². The Morgan fingerprint density at radius 1 is 0.943 bits per heavy atom. The van der Waals surface area contributed by atoms with Crippen LogP contribution < -0.4 is 9.46 Å². The lowest BCUT2D eigenvalue weighted by Crippen LogP contribution is -2.14. The minimum Gasteiger partial charge on any atom is -0.475 e. The fraction of sp³-hybridized carbons (Fsp3) is 0.115. The van der Waals surface area contributed by atoms with E-state index >= 15 is 0 Å². The molecule has 2 aromatic carbocycles. The van der Waals surface area contributed by atoms with Gasteiger partial charge in [-0.15, -0.1) is 0 Å². The predicted molar refractivity (Wildman–Crippen MR) is 136 cm³/mol. The van der Waals surface area contributed by atoms with E-state index in [0.29, 0.717) is 16.7 Å². The van der Waals surface area contributed by atoms with E-state index in [-0.39, 0.29) is 30.7 Å². The number of rotatable bonds is 9. The van der Waals surface area contributed by atoms with Crippen LogP contribution in [0.4, 0.5) is 5.82 Å². The number of benzene rings is 2. The first-order valence-corrected chi connectivity index (χ1v) is 12.4. The fourth-order valence-electron chi connectivity index (χ4n) is 3.27. The Kier molecular flexibility index (Phi) is 7.49. The van der Waals surface area contributed by atoms with E-state index in [4.69, 9.17) is 4.74 Å². The molecule has 0 aliphatic rings. The zero-order chi connectivity index (χ0) is 24.7. The molecule has 0 atom stereocenters. The Balaban J connectivity index is 1.84. The molecule has 0 amide bonds. The third kappa shape index (κ3) is 6.28. The average molecular weight is 489 g/mol. The normalized spacial score (nSPS) is 11.5. The predicted octanol–water partition coefficient (Wildman–Crippen LogP) is 4.30. The number of ether oxygens (including phenoxy) is 1. The summed E-state index contributed by atoms with van der Waals surface area (Å²) < 4.78 is 34.4. The fourth-order valence-corrected chi connectivity index (χ4v) is 4.09. The summed E-state index contributed by atoms with van der Waals surface area (Å²) in [5, 5.41) is 10.4. The molecule has 35 heavy (non-hydrogen) atoms. The molecule has 0 unspecified atom stereocenters. The molecule has 178 valence electrons. The molecule has 2 heterocycles. The van der Waals surface area contributed by atoms with Crippen LogP contribution in [0.3, 0.4) is 0 Å². The lowest BCUT2D eigenvalue weighted by molar-refractivity contribution is 0.197. The number of pyridine rings is 1. The second-order valence-electron chi connectivity index (χ2n) is 7.61. The van der Waals surface area contributed by atoms with E-state index in [1.165, 1.54) is 6.08 Å². The molecular weight excluding hydrogens is 464 g/mol. The molecule has 2 aromatic heterocycles. The van der Waals surface area contributed by atoms with Gasteiger partial charge in [-0.3, -0.25) is 9.71 Å². The molecule has 0 saturated carbocycles. The van der Waals surface area contributed by atoms with Crippen molar-refractivity contribution >= 4 is 21.9 Å². The summed E-state index contributed by atoms with van der Waals surface area (Å²) in [6.45, 7) is 1.70. The maximum atomic E-state index is 13.0. The Morgan fingerprint density at radius 3 is 2.34 bits per heavy atom. The minimum absolute atomic E-state index is 0.0221. The lowest BCUT2D eigenvalue weighted by Gasteiger charge is -2.16. The minimum atomic E-state index is -3.95. The zero-order valence-electron chi connectivity index (χ0n) is 19.0. The molecule has 2 N–H and O–H groups in total. The van der Waals surface area contributed by atoms with Crippen LogP contribution in [-0.2, 0) is 10.0 Å². The number of aliphatic hydroxyl groups excluding tert-OH is 1. The number of sulfonamides is 1. The van der Waals surface area contributed by atoms with Crippen molar-refractivity contribution in [1.29, 1.82) is 0 Å². The highest BCUT2D eigenvalue weighted by molar-refractivity contribution is 7.95. The first-order valence-electron chi connectivity index (χ1n) is 10.8. The zero-order valence-corrected chi connectivity index (χ0v) is 19.8. The molecular formula is C26H24N4O4S. The van der Waals surface area contributed by atoms with Crippen molar-refractivity contribution < 1.29 is 18.3 Å². The highest BCUT2D eigenvalue weighted by Gasteiger charge is 2.21. The number of aryl methyl sites for hydroxylation is 1. The summed E-state index contributed by atoms with van der Waals surface area (Å²) in [6, 6.07) is 20.0. The molecule has 9 heteroatoms. The maximum Gasteiger partial charge on any atom is 0.256 e. The highest BCUT2D eigenvalue weighted by atomic mass is 32.2. The number of aromatic nitrogens is 3. The van der Waals surface area contributed by atoms with Crippen molar-refractivity contribution in [2.45, 2.75) is 6.92 Å². The first-order chi connectivity index (χ1) is 16.9. The standard InChI is InChI=1S/C26H24N4O4S/c1-19-7-9-21(10-8-19)23-25(30-35(32,33)18-13-20-5-3-2-4-6-20)28-24(22-11-14-27-15-12-22)29-26(23)34-17-16-31/h2-15,18,31H,16-17H2,1H3,(H,28,29,30)/b18-13+. The number of hydrogen-bond acceptors (Lipinski definition) is 7. The van der Waals surface area contributed by atoms with Gasteiger partial charge in [0.15, 0.2) is 11.6 Å². The molecule has 0 bridgehead atoms. The van der Waals surface area contributed by atoms with Crippen molar-refractivity contribution in [2.75, 3.05) is 17.9 Å². The number of nitrogens with one attached hydrogen (secondary N) is 1. The summed E-state index contributed by atoms with van der Waals surface area (Å²) in [7, 11) is -3.95. The van der Waals surface area contributed by atoms with Crippen LogP contribution in [0.2, 0.25) is 0 Å². The van der Waals surface area contributed by atoms with Gasteiger partial charge in [-0.05, 0) is 36.3 Å². The summed E-state index contributed by atoms with van der Waals surface area (Å²) >= 11 is 0. The van der Waals surface area contributed by atoms with Gasteiger partial charge < -0.3 is 9.84 Å². The van der Waals surface area contributed by atoms with Crippen molar-refractivity contribution in [2.24, 2.45) is 0 Å². The average Bonchev–Trinajstić information content (AvgIpc) is 2.88. The molecule has 0 fully saturated rings. The van der Waals surface area contributed by atoms with Crippen molar-refractivity contribution in [3.63, 3.8) is 0 Å². The van der Waals surface area contributed by atoms with Gasteiger partial charge >= 0.3 is 0 Å². The molecule has 0 spiro atoms. The van der Waals surface area contributed by atoms with Gasteiger partial charge in [-0.1, -0.05) is 60.2 Å². The Bertz CT molecular complexity index is 1410. The maximum absolute atomic E-state index is 13.0. The topological polar surface area (TPSA) is 114 Å². The quantitative estimate of drug-likeness (QED) is 0.361. The molecule has 0 radical (unpaired) electrons. The molecule has 4 aromatic rings. The van der Waals surface area contributed by atoms with Gasteiger partial charge in [0.05, 0.1) is 17.6 Å². The SMILES string of the molecule is Cc1ccc(-c2c(NS(=O)(=O)/C=C/c3ccccc3)nc(-c3ccncc3)nc2OCCO)cc1. The van der Waals surface area contributed by atoms with Crippen LogP contribution >= 0.6 is 0 Å². The lowest BCUT2D eigenvalue weighted by atomic mass is 10.1. The van der Waals surface area contributed by atoms with Crippen molar-refractivity contribution in [3.8, 4) is 28.4 Å².